The summed E-state index contributed by atoms with van der Waals surface area (Å²) in [6, 6.07) is 20.8. The predicted molar refractivity (Wildman–Crippen MR) is 118 cm³/mol. The zero-order valence-corrected chi connectivity index (χ0v) is 18.1. The molecule has 148 valence electrons. The minimum absolute atomic E-state index is 0.238. The number of aliphatic hydroxyl groups is 1. The lowest BCUT2D eigenvalue weighted by atomic mass is 9.89. The highest BCUT2D eigenvalue weighted by Gasteiger charge is 2.50. The summed E-state index contributed by atoms with van der Waals surface area (Å²) in [7, 11) is 0. The number of halogens is 1. The van der Waals surface area contributed by atoms with Crippen LogP contribution in [-0.2, 0) is 16.8 Å². The monoisotopic (exact) mass is 469 g/mol. The summed E-state index contributed by atoms with van der Waals surface area (Å²) in [5, 5.41) is 11.3. The van der Waals surface area contributed by atoms with Gasteiger partial charge in [0.1, 0.15) is 0 Å². The number of fused-ring (bicyclic) bond motifs is 1. The van der Waals surface area contributed by atoms with Crippen LogP contribution >= 0.6 is 27.3 Å². The molecule has 1 aliphatic heterocycles. The zero-order valence-electron chi connectivity index (χ0n) is 15.7. The predicted octanol–water partition coefficient (Wildman–Crippen LogP) is 4.95. The van der Waals surface area contributed by atoms with Gasteiger partial charge in [0.25, 0.3) is 5.91 Å². The first-order valence-corrected chi connectivity index (χ1v) is 11.1. The highest BCUT2D eigenvalue weighted by Crippen LogP contribution is 2.43. The maximum absolute atomic E-state index is 13.2. The lowest BCUT2D eigenvalue weighted by Gasteiger charge is -2.22. The van der Waals surface area contributed by atoms with E-state index in [0.29, 0.717) is 22.7 Å². The van der Waals surface area contributed by atoms with Gasteiger partial charge in [-0.05, 0) is 52.5 Å². The number of carbonyl (C=O) groups is 2. The molecule has 0 saturated carbocycles. The van der Waals surface area contributed by atoms with Crippen molar-refractivity contribution in [2.24, 2.45) is 0 Å². The van der Waals surface area contributed by atoms with E-state index in [1.54, 1.807) is 29.2 Å². The van der Waals surface area contributed by atoms with Gasteiger partial charge in [0.2, 0.25) is 0 Å². The number of carbonyl (C=O) groups excluding carboxylic acids is 2. The van der Waals surface area contributed by atoms with Gasteiger partial charge in [-0.1, -0.05) is 48.5 Å². The molecule has 0 saturated heterocycles. The number of Topliss-reactive ketones (excluding diaryl/α,β-unsaturated/α-hetero) is 1. The largest absolute Gasteiger partial charge is 0.375 e. The summed E-state index contributed by atoms with van der Waals surface area (Å²) in [4.78, 5) is 28.1. The van der Waals surface area contributed by atoms with Gasteiger partial charge in [-0.25, -0.2) is 0 Å². The van der Waals surface area contributed by atoms with Crippen molar-refractivity contribution in [3.05, 3.63) is 86.5 Å². The quantitative estimate of drug-likeness (QED) is 0.497. The zero-order chi connectivity index (χ0) is 20.4. The van der Waals surface area contributed by atoms with E-state index in [-0.39, 0.29) is 12.2 Å². The minimum atomic E-state index is -1.82. The molecule has 0 radical (unpaired) electrons. The Kier molecular flexibility index (Phi) is 5.67. The molecule has 0 unspecified atom stereocenters. The molecule has 0 fully saturated rings. The highest BCUT2D eigenvalue weighted by atomic mass is 79.9. The molecule has 1 N–H and O–H groups in total. The Morgan fingerprint density at radius 1 is 1.03 bits per heavy atom. The van der Waals surface area contributed by atoms with Crippen LogP contribution < -0.4 is 4.90 Å². The third-order valence-corrected chi connectivity index (χ3v) is 6.86. The average molecular weight is 470 g/mol. The van der Waals surface area contributed by atoms with Crippen molar-refractivity contribution in [2.45, 2.75) is 24.9 Å². The number of anilines is 1. The van der Waals surface area contributed by atoms with E-state index in [1.165, 1.54) is 16.9 Å². The third-order valence-electron chi connectivity index (χ3n) is 5.19. The second-order valence-electron chi connectivity index (χ2n) is 7.13. The van der Waals surface area contributed by atoms with Crippen molar-refractivity contribution < 1.29 is 14.7 Å². The molecule has 1 aliphatic rings. The number of benzene rings is 2. The van der Waals surface area contributed by atoms with Gasteiger partial charge < -0.3 is 10.0 Å². The summed E-state index contributed by atoms with van der Waals surface area (Å²) in [6.45, 7) is 0.492. The Hall–Kier alpha value is -2.28. The number of aryl methyl sites for hydroxylation is 1. The van der Waals surface area contributed by atoms with Crippen LogP contribution in [0, 0.1) is 0 Å². The molecule has 0 bridgehead atoms. The second-order valence-corrected chi connectivity index (χ2v) is 9.59. The van der Waals surface area contributed by atoms with Crippen LogP contribution in [-0.4, -0.2) is 23.3 Å². The maximum Gasteiger partial charge on any atom is 0.264 e. The third kappa shape index (κ3) is 3.92. The Morgan fingerprint density at radius 3 is 2.48 bits per heavy atom. The molecule has 29 heavy (non-hydrogen) atoms. The Bertz CT molecular complexity index is 1050. The first kappa shape index (κ1) is 20.0. The summed E-state index contributed by atoms with van der Waals surface area (Å²) >= 11 is 4.65. The molecular formula is C23H20BrNO3S. The molecule has 0 spiro atoms. The first-order valence-electron chi connectivity index (χ1n) is 9.45. The van der Waals surface area contributed by atoms with E-state index in [9.17, 15) is 14.7 Å². The molecule has 1 aromatic heterocycles. The average Bonchev–Trinajstić information content (AvgIpc) is 3.25. The minimum Gasteiger partial charge on any atom is -0.375 e. The van der Waals surface area contributed by atoms with Crippen molar-refractivity contribution >= 4 is 44.6 Å². The van der Waals surface area contributed by atoms with Gasteiger partial charge in [0.05, 0.1) is 20.8 Å². The molecule has 4 nitrogen and oxygen atoms in total. The standard InChI is InChI=1S/C23H20BrNO3S/c24-21-13-12-20(29-21)19(26)15-23(28)17-10-4-5-11-18(17)25(22(23)27)14-6-9-16-7-2-1-3-8-16/h1-5,7-8,10-13,28H,6,9,14-15H2/t23-/m1/s1. The van der Waals surface area contributed by atoms with Crippen molar-refractivity contribution in [2.75, 3.05) is 11.4 Å². The summed E-state index contributed by atoms with van der Waals surface area (Å²) in [6.07, 6.45) is 1.35. The molecule has 2 heterocycles. The Balaban J connectivity index is 1.54. The number of hydrogen-bond acceptors (Lipinski definition) is 4. The lowest BCUT2D eigenvalue weighted by Crippen LogP contribution is -2.42. The van der Waals surface area contributed by atoms with E-state index in [0.717, 1.165) is 16.6 Å². The molecule has 3 aromatic rings. The van der Waals surface area contributed by atoms with Crippen molar-refractivity contribution in [3.8, 4) is 0 Å². The van der Waals surface area contributed by atoms with E-state index in [4.69, 9.17) is 0 Å². The van der Waals surface area contributed by atoms with Crippen LogP contribution in [0.3, 0.4) is 0 Å². The smallest absolute Gasteiger partial charge is 0.264 e. The van der Waals surface area contributed by atoms with Crippen LogP contribution in [0.5, 0.6) is 0 Å². The van der Waals surface area contributed by atoms with Crippen molar-refractivity contribution in [1.29, 1.82) is 0 Å². The Labute approximate surface area is 181 Å². The Morgan fingerprint density at radius 2 is 1.76 bits per heavy atom. The highest BCUT2D eigenvalue weighted by molar-refractivity contribution is 9.11. The van der Waals surface area contributed by atoms with Crippen molar-refractivity contribution in [3.63, 3.8) is 0 Å². The molecule has 2 aromatic carbocycles. The summed E-state index contributed by atoms with van der Waals surface area (Å²) in [5.41, 5.74) is 0.583. The molecule has 4 rings (SSSR count). The first-order chi connectivity index (χ1) is 14.0. The molecule has 6 heteroatoms. The number of amides is 1. The van der Waals surface area contributed by atoms with Crippen LogP contribution in [0.2, 0.25) is 0 Å². The van der Waals surface area contributed by atoms with Gasteiger partial charge in [0.15, 0.2) is 11.4 Å². The van der Waals surface area contributed by atoms with Crippen LogP contribution in [0.1, 0.15) is 33.6 Å². The second kappa shape index (κ2) is 8.22. The van der Waals surface area contributed by atoms with Gasteiger partial charge >= 0.3 is 0 Å². The SMILES string of the molecule is O=C(C[C@]1(O)C(=O)N(CCCc2ccccc2)c2ccccc21)c1ccc(Br)s1. The van der Waals surface area contributed by atoms with Crippen molar-refractivity contribution in [1.82, 2.24) is 0 Å². The van der Waals surface area contributed by atoms with Crippen LogP contribution in [0.4, 0.5) is 5.69 Å². The number of rotatable bonds is 7. The van der Waals surface area contributed by atoms with E-state index >= 15 is 0 Å². The number of para-hydroxylation sites is 1. The van der Waals surface area contributed by atoms with E-state index in [1.807, 2.05) is 30.3 Å². The molecule has 1 amide bonds. The van der Waals surface area contributed by atoms with Gasteiger partial charge in [-0.15, -0.1) is 11.3 Å². The topological polar surface area (TPSA) is 57.6 Å². The van der Waals surface area contributed by atoms with Crippen LogP contribution in [0.15, 0.2) is 70.5 Å². The van der Waals surface area contributed by atoms with Gasteiger partial charge in [0, 0.05) is 12.1 Å². The number of thiophene rings is 1. The molecule has 1 atom stereocenters. The maximum atomic E-state index is 13.2. The fourth-order valence-corrected chi connectivity index (χ4v) is 5.09. The summed E-state index contributed by atoms with van der Waals surface area (Å²) in [5.74, 6) is -0.659. The number of hydrogen-bond donors (Lipinski definition) is 1. The van der Waals surface area contributed by atoms with Gasteiger partial charge in [-0.2, -0.15) is 0 Å². The fourth-order valence-electron chi connectivity index (χ4n) is 3.77. The van der Waals surface area contributed by atoms with Gasteiger partial charge in [-0.3, -0.25) is 9.59 Å². The normalized spacial score (nSPS) is 18.1. The van der Waals surface area contributed by atoms with E-state index in [2.05, 4.69) is 28.1 Å². The number of ketones is 1. The lowest BCUT2D eigenvalue weighted by molar-refractivity contribution is -0.135. The fraction of sp³-hybridized carbons (Fsp3) is 0.217. The molecule has 0 aliphatic carbocycles. The van der Waals surface area contributed by atoms with E-state index < -0.39 is 11.5 Å². The number of nitrogens with zero attached hydrogens (tertiary/aromatic N) is 1. The summed E-state index contributed by atoms with van der Waals surface area (Å²) < 4.78 is 0.841. The molecular weight excluding hydrogens is 450 g/mol. The van der Waals surface area contributed by atoms with Crippen LogP contribution in [0.25, 0.3) is 0 Å².